The highest BCUT2D eigenvalue weighted by Gasteiger charge is 2.11. The highest BCUT2D eigenvalue weighted by molar-refractivity contribution is 5.85. The molecule has 0 atom stereocenters. The summed E-state index contributed by atoms with van der Waals surface area (Å²) in [5, 5.41) is 11.1. The number of rotatable bonds is 8. The first-order chi connectivity index (χ1) is 12.8. The number of aliphatic hydroxyl groups is 1. The van der Waals surface area contributed by atoms with Crippen molar-refractivity contribution in [2.45, 2.75) is 13.5 Å². The van der Waals surface area contributed by atoms with Crippen LogP contribution in [0.5, 0.6) is 0 Å². The Bertz CT molecular complexity index is 803. The van der Waals surface area contributed by atoms with E-state index in [2.05, 4.69) is 66.7 Å². The molecule has 0 aliphatic heterocycles. The molecule has 3 nitrogen and oxygen atoms in total. The predicted octanol–water partition coefficient (Wildman–Crippen LogP) is 5.19. The lowest BCUT2D eigenvalue weighted by atomic mass is 9.93. The summed E-state index contributed by atoms with van der Waals surface area (Å²) < 4.78 is 0. The van der Waals surface area contributed by atoms with Gasteiger partial charge in [0.1, 0.15) is 0 Å². The molecular weight excluding hydrogens is 358 g/mol. The van der Waals surface area contributed by atoms with Crippen molar-refractivity contribution in [2.75, 3.05) is 19.8 Å². The van der Waals surface area contributed by atoms with Gasteiger partial charge in [-0.1, -0.05) is 72.8 Å². The zero-order valence-electron chi connectivity index (χ0n) is 15.5. The fraction of sp³-hybridized carbons (Fsp3) is 0.217. The summed E-state index contributed by atoms with van der Waals surface area (Å²) in [5.74, 6) is 0. The Balaban J connectivity index is 0.00000261. The van der Waals surface area contributed by atoms with E-state index in [0.29, 0.717) is 19.7 Å². The van der Waals surface area contributed by atoms with Crippen molar-refractivity contribution in [3.8, 4) is 22.3 Å². The lowest BCUT2D eigenvalue weighted by Crippen LogP contribution is -2.26. The smallest absolute Gasteiger partial charge is 0.0657 e. The summed E-state index contributed by atoms with van der Waals surface area (Å²) in [6.45, 7) is 3.76. The van der Waals surface area contributed by atoms with Gasteiger partial charge in [-0.2, -0.15) is 5.06 Å². The molecule has 0 aliphatic rings. The second-order valence-corrected chi connectivity index (χ2v) is 6.12. The highest BCUT2D eigenvalue weighted by Crippen LogP contribution is 2.33. The highest BCUT2D eigenvalue weighted by atomic mass is 35.5. The molecular formula is C23H26ClNO2. The maximum Gasteiger partial charge on any atom is 0.0657 e. The third-order valence-electron chi connectivity index (χ3n) is 4.27. The van der Waals surface area contributed by atoms with E-state index < -0.39 is 0 Å². The fourth-order valence-corrected chi connectivity index (χ4v) is 3.10. The van der Waals surface area contributed by atoms with E-state index in [4.69, 9.17) is 4.84 Å². The summed E-state index contributed by atoms with van der Waals surface area (Å²) >= 11 is 0. The molecule has 0 aromatic heterocycles. The molecule has 3 aromatic carbocycles. The third-order valence-corrected chi connectivity index (χ3v) is 4.27. The van der Waals surface area contributed by atoms with Gasteiger partial charge in [-0.25, -0.2) is 0 Å². The minimum atomic E-state index is 0. The standard InChI is InChI=1S/C23H25NO2.ClH/c1-2-26-24(15-16-25)18-19-13-14-22(20-9-5-3-6-10-20)23(17-19)21-11-7-4-8-12-21;/h3-14,17,25H,2,15-16,18H2,1H3;1H. The van der Waals surface area contributed by atoms with Crippen molar-refractivity contribution in [1.29, 1.82) is 0 Å². The Morgan fingerprint density at radius 2 is 1.41 bits per heavy atom. The number of halogens is 1. The number of hydrogen-bond acceptors (Lipinski definition) is 3. The largest absolute Gasteiger partial charge is 0.395 e. The Kier molecular flexibility index (Phi) is 8.49. The monoisotopic (exact) mass is 383 g/mol. The van der Waals surface area contributed by atoms with Crippen LogP contribution < -0.4 is 0 Å². The lowest BCUT2D eigenvalue weighted by Gasteiger charge is -2.21. The first-order valence-corrected chi connectivity index (χ1v) is 9.04. The maximum absolute atomic E-state index is 9.25. The van der Waals surface area contributed by atoms with E-state index in [1.54, 1.807) is 0 Å². The van der Waals surface area contributed by atoms with E-state index in [9.17, 15) is 5.11 Å². The van der Waals surface area contributed by atoms with Crippen LogP contribution in [0.2, 0.25) is 0 Å². The average Bonchev–Trinajstić information content (AvgIpc) is 2.70. The average molecular weight is 384 g/mol. The molecule has 27 heavy (non-hydrogen) atoms. The molecule has 0 bridgehead atoms. The normalized spacial score (nSPS) is 10.6. The third kappa shape index (κ3) is 5.65. The second-order valence-electron chi connectivity index (χ2n) is 6.12. The lowest BCUT2D eigenvalue weighted by molar-refractivity contribution is -0.166. The minimum absolute atomic E-state index is 0. The van der Waals surface area contributed by atoms with Gasteiger partial charge in [0.05, 0.1) is 13.2 Å². The molecule has 0 unspecified atom stereocenters. The topological polar surface area (TPSA) is 32.7 Å². The molecule has 142 valence electrons. The van der Waals surface area contributed by atoms with Crippen LogP contribution in [0, 0.1) is 0 Å². The van der Waals surface area contributed by atoms with Gasteiger partial charge in [0.25, 0.3) is 0 Å². The molecule has 0 saturated carbocycles. The van der Waals surface area contributed by atoms with Crippen molar-refractivity contribution >= 4 is 12.4 Å². The van der Waals surface area contributed by atoms with Crippen molar-refractivity contribution in [3.05, 3.63) is 84.4 Å². The van der Waals surface area contributed by atoms with Crippen LogP contribution in [-0.2, 0) is 11.4 Å². The number of aliphatic hydroxyl groups excluding tert-OH is 1. The Morgan fingerprint density at radius 3 is 1.96 bits per heavy atom. The van der Waals surface area contributed by atoms with Crippen molar-refractivity contribution in [2.24, 2.45) is 0 Å². The van der Waals surface area contributed by atoms with Gasteiger partial charge >= 0.3 is 0 Å². The number of nitrogens with zero attached hydrogens (tertiary/aromatic N) is 1. The van der Waals surface area contributed by atoms with Crippen LogP contribution in [0.15, 0.2) is 78.9 Å². The van der Waals surface area contributed by atoms with Gasteiger partial charge in [0.15, 0.2) is 0 Å². The summed E-state index contributed by atoms with van der Waals surface area (Å²) in [6.07, 6.45) is 0. The SMILES string of the molecule is CCON(CCO)Cc1ccc(-c2ccccc2)c(-c2ccccc2)c1.Cl. The Hall–Kier alpha value is -2.17. The van der Waals surface area contributed by atoms with Crippen LogP contribution in [0.1, 0.15) is 12.5 Å². The van der Waals surface area contributed by atoms with Crippen molar-refractivity contribution < 1.29 is 9.94 Å². The van der Waals surface area contributed by atoms with Gasteiger partial charge in [-0.15, -0.1) is 12.4 Å². The summed E-state index contributed by atoms with van der Waals surface area (Å²) in [5.41, 5.74) is 5.97. The molecule has 0 radical (unpaired) electrons. The van der Waals surface area contributed by atoms with Crippen LogP contribution in [0.25, 0.3) is 22.3 Å². The van der Waals surface area contributed by atoms with E-state index in [1.807, 2.05) is 24.1 Å². The van der Waals surface area contributed by atoms with E-state index in [1.165, 1.54) is 22.3 Å². The van der Waals surface area contributed by atoms with Crippen LogP contribution in [0.3, 0.4) is 0 Å². The van der Waals surface area contributed by atoms with Gasteiger partial charge in [-0.05, 0) is 40.8 Å². The molecule has 3 rings (SSSR count). The quantitative estimate of drug-likeness (QED) is 0.543. The minimum Gasteiger partial charge on any atom is -0.395 e. The van der Waals surface area contributed by atoms with Crippen molar-refractivity contribution in [1.82, 2.24) is 5.06 Å². The van der Waals surface area contributed by atoms with Gasteiger partial charge in [0.2, 0.25) is 0 Å². The first-order valence-electron chi connectivity index (χ1n) is 9.04. The molecule has 4 heteroatoms. The number of hydroxylamine groups is 2. The zero-order valence-corrected chi connectivity index (χ0v) is 16.4. The second kappa shape index (κ2) is 10.9. The van der Waals surface area contributed by atoms with E-state index in [-0.39, 0.29) is 19.0 Å². The first kappa shape index (κ1) is 21.1. The molecule has 0 aliphatic carbocycles. The predicted molar refractivity (Wildman–Crippen MR) is 114 cm³/mol. The molecule has 0 fully saturated rings. The molecule has 0 amide bonds. The summed E-state index contributed by atoms with van der Waals surface area (Å²) in [6, 6.07) is 27.4. The van der Waals surface area contributed by atoms with Crippen LogP contribution >= 0.6 is 12.4 Å². The summed E-state index contributed by atoms with van der Waals surface area (Å²) in [4.78, 5) is 5.62. The van der Waals surface area contributed by atoms with E-state index in [0.717, 1.165) is 5.56 Å². The molecule has 1 N–H and O–H groups in total. The Morgan fingerprint density at radius 1 is 0.815 bits per heavy atom. The maximum atomic E-state index is 9.25. The number of benzene rings is 3. The van der Waals surface area contributed by atoms with Gasteiger partial charge in [-0.3, -0.25) is 4.84 Å². The van der Waals surface area contributed by atoms with Crippen molar-refractivity contribution in [3.63, 3.8) is 0 Å². The fourth-order valence-electron chi connectivity index (χ4n) is 3.10. The zero-order chi connectivity index (χ0) is 18.2. The summed E-state index contributed by atoms with van der Waals surface area (Å²) in [7, 11) is 0. The molecule has 0 spiro atoms. The Labute approximate surface area is 167 Å². The van der Waals surface area contributed by atoms with Crippen LogP contribution in [0.4, 0.5) is 0 Å². The van der Waals surface area contributed by atoms with Gasteiger partial charge < -0.3 is 5.11 Å². The van der Waals surface area contributed by atoms with Crippen LogP contribution in [-0.4, -0.2) is 29.9 Å². The molecule has 3 aromatic rings. The van der Waals surface area contributed by atoms with E-state index >= 15 is 0 Å². The molecule has 0 heterocycles. The van der Waals surface area contributed by atoms with Gasteiger partial charge in [0, 0.05) is 13.1 Å². The molecule has 0 saturated heterocycles. The number of hydrogen-bond donors (Lipinski definition) is 1.